The number of ether oxygens (including phenoxy) is 1. The van der Waals surface area contributed by atoms with Crippen LogP contribution in [0.3, 0.4) is 0 Å². The van der Waals surface area contributed by atoms with Crippen LogP contribution in [-0.2, 0) is 0 Å². The van der Waals surface area contributed by atoms with E-state index in [2.05, 4.69) is 20.6 Å². The van der Waals surface area contributed by atoms with Gasteiger partial charge < -0.3 is 20.4 Å². The van der Waals surface area contributed by atoms with E-state index in [-0.39, 0.29) is 6.03 Å². The largest absolute Gasteiger partial charge is 0.495 e. The standard InChI is InChI=1S/C15H13ClN4O2/c1-22-14-5-3-9(6-11(14)16)19-15(21)20-10-2-4-12-13(7-10)18-8-17-12/h2-8H,1H3,(H,17,18)(H2,19,20,21). The second kappa shape index (κ2) is 5.95. The van der Waals surface area contributed by atoms with E-state index in [1.54, 1.807) is 30.6 Å². The van der Waals surface area contributed by atoms with Crippen LogP contribution in [0.15, 0.2) is 42.7 Å². The molecule has 0 fully saturated rings. The van der Waals surface area contributed by atoms with Gasteiger partial charge in [0.15, 0.2) is 0 Å². The zero-order chi connectivity index (χ0) is 15.5. The summed E-state index contributed by atoms with van der Waals surface area (Å²) in [6.07, 6.45) is 1.61. The fraction of sp³-hybridized carbons (Fsp3) is 0.0667. The fourth-order valence-corrected chi connectivity index (χ4v) is 2.31. The second-order valence-corrected chi connectivity index (χ2v) is 4.97. The lowest BCUT2D eigenvalue weighted by Crippen LogP contribution is -2.19. The number of urea groups is 1. The lowest BCUT2D eigenvalue weighted by Gasteiger charge is -2.09. The number of aromatic nitrogens is 2. The molecule has 0 bridgehead atoms. The summed E-state index contributed by atoms with van der Waals surface area (Å²) in [7, 11) is 1.53. The highest BCUT2D eigenvalue weighted by Crippen LogP contribution is 2.27. The summed E-state index contributed by atoms with van der Waals surface area (Å²) >= 11 is 6.02. The molecule has 1 aromatic heterocycles. The number of anilines is 2. The first kappa shape index (κ1) is 14.2. The van der Waals surface area contributed by atoms with Crippen molar-refractivity contribution in [2.75, 3.05) is 17.7 Å². The molecule has 3 rings (SSSR count). The van der Waals surface area contributed by atoms with Gasteiger partial charge in [-0.2, -0.15) is 0 Å². The van der Waals surface area contributed by atoms with Crippen LogP contribution in [0.2, 0.25) is 5.02 Å². The number of aromatic amines is 1. The van der Waals surface area contributed by atoms with Gasteiger partial charge >= 0.3 is 6.03 Å². The van der Waals surface area contributed by atoms with Crippen molar-refractivity contribution in [3.63, 3.8) is 0 Å². The second-order valence-electron chi connectivity index (χ2n) is 4.56. The molecule has 0 unspecified atom stereocenters. The number of amides is 2. The number of halogens is 1. The molecule has 0 spiro atoms. The molecule has 1 heterocycles. The minimum absolute atomic E-state index is 0.361. The van der Waals surface area contributed by atoms with E-state index in [1.165, 1.54) is 7.11 Å². The number of hydrogen-bond acceptors (Lipinski definition) is 3. The number of methoxy groups -OCH3 is 1. The van der Waals surface area contributed by atoms with Crippen LogP contribution in [-0.4, -0.2) is 23.1 Å². The molecule has 2 amide bonds. The molecular formula is C15H13ClN4O2. The van der Waals surface area contributed by atoms with Crippen molar-refractivity contribution < 1.29 is 9.53 Å². The molecular weight excluding hydrogens is 304 g/mol. The minimum Gasteiger partial charge on any atom is -0.495 e. The number of carbonyl (C=O) groups excluding carboxylic acids is 1. The van der Waals surface area contributed by atoms with Crippen molar-refractivity contribution in [1.82, 2.24) is 9.97 Å². The summed E-state index contributed by atoms with van der Waals surface area (Å²) in [6.45, 7) is 0. The number of fused-ring (bicyclic) bond motifs is 1. The Morgan fingerprint density at radius 2 is 1.91 bits per heavy atom. The van der Waals surface area contributed by atoms with Crippen molar-refractivity contribution >= 4 is 40.0 Å². The van der Waals surface area contributed by atoms with Crippen LogP contribution in [0.4, 0.5) is 16.2 Å². The van der Waals surface area contributed by atoms with Crippen molar-refractivity contribution in [2.45, 2.75) is 0 Å². The van der Waals surface area contributed by atoms with E-state index in [0.717, 1.165) is 11.0 Å². The van der Waals surface area contributed by atoms with Gasteiger partial charge in [-0.05, 0) is 36.4 Å². The number of imidazole rings is 1. The summed E-state index contributed by atoms with van der Waals surface area (Å²) in [6, 6.07) is 10.1. The van der Waals surface area contributed by atoms with E-state index in [0.29, 0.717) is 22.1 Å². The van der Waals surface area contributed by atoms with E-state index in [1.807, 2.05) is 12.1 Å². The zero-order valence-corrected chi connectivity index (χ0v) is 12.4. The molecule has 7 heteroatoms. The van der Waals surface area contributed by atoms with Gasteiger partial charge in [0.25, 0.3) is 0 Å². The summed E-state index contributed by atoms with van der Waals surface area (Å²) in [4.78, 5) is 19.1. The molecule has 6 nitrogen and oxygen atoms in total. The van der Waals surface area contributed by atoms with Gasteiger partial charge in [0.05, 0.1) is 29.5 Å². The predicted molar refractivity (Wildman–Crippen MR) is 86.7 cm³/mol. The molecule has 3 N–H and O–H groups in total. The Labute approximate surface area is 131 Å². The first-order valence-corrected chi connectivity index (χ1v) is 6.88. The van der Waals surface area contributed by atoms with Gasteiger partial charge in [-0.3, -0.25) is 0 Å². The number of nitrogens with zero attached hydrogens (tertiary/aromatic N) is 1. The highest BCUT2D eigenvalue weighted by molar-refractivity contribution is 6.32. The number of benzene rings is 2. The Hall–Kier alpha value is -2.73. The number of carbonyl (C=O) groups is 1. The maximum Gasteiger partial charge on any atom is 0.323 e. The van der Waals surface area contributed by atoms with Gasteiger partial charge in [0.2, 0.25) is 0 Å². The van der Waals surface area contributed by atoms with Crippen molar-refractivity contribution in [3.05, 3.63) is 47.7 Å². The minimum atomic E-state index is -0.361. The first-order chi connectivity index (χ1) is 10.7. The molecule has 22 heavy (non-hydrogen) atoms. The maximum atomic E-state index is 12.0. The topological polar surface area (TPSA) is 79.0 Å². The van der Waals surface area contributed by atoms with E-state index in [9.17, 15) is 4.79 Å². The average molecular weight is 317 g/mol. The molecule has 0 atom stereocenters. The van der Waals surface area contributed by atoms with E-state index < -0.39 is 0 Å². The Balaban J connectivity index is 1.70. The zero-order valence-electron chi connectivity index (χ0n) is 11.7. The summed E-state index contributed by atoms with van der Waals surface area (Å²) in [5.41, 5.74) is 2.93. The maximum absolute atomic E-state index is 12.0. The summed E-state index contributed by atoms with van der Waals surface area (Å²) in [5.74, 6) is 0.553. The Morgan fingerprint density at radius 1 is 1.18 bits per heavy atom. The third-order valence-electron chi connectivity index (χ3n) is 3.09. The quantitative estimate of drug-likeness (QED) is 0.686. The molecule has 0 saturated heterocycles. The summed E-state index contributed by atoms with van der Waals surface area (Å²) < 4.78 is 5.06. The Bertz CT molecular complexity index is 831. The molecule has 0 aliphatic carbocycles. The molecule has 112 valence electrons. The molecule has 0 saturated carbocycles. The molecule has 0 aliphatic heterocycles. The monoisotopic (exact) mass is 316 g/mol. The van der Waals surface area contributed by atoms with Gasteiger partial charge in [0.1, 0.15) is 5.75 Å². The highest BCUT2D eigenvalue weighted by atomic mass is 35.5. The Kier molecular flexibility index (Phi) is 3.84. The molecule has 0 radical (unpaired) electrons. The van der Waals surface area contributed by atoms with Crippen LogP contribution in [0.5, 0.6) is 5.75 Å². The first-order valence-electron chi connectivity index (χ1n) is 6.50. The highest BCUT2D eigenvalue weighted by Gasteiger charge is 2.06. The number of H-pyrrole nitrogens is 1. The molecule has 0 aliphatic rings. The summed E-state index contributed by atoms with van der Waals surface area (Å²) in [5, 5.41) is 5.89. The third kappa shape index (κ3) is 2.96. The van der Waals surface area contributed by atoms with Gasteiger partial charge in [-0.15, -0.1) is 0 Å². The normalized spacial score (nSPS) is 10.5. The fourth-order valence-electron chi connectivity index (χ4n) is 2.05. The average Bonchev–Trinajstić information content (AvgIpc) is 2.95. The van der Waals surface area contributed by atoms with Crippen LogP contribution in [0.1, 0.15) is 0 Å². The smallest absolute Gasteiger partial charge is 0.323 e. The Morgan fingerprint density at radius 3 is 2.64 bits per heavy atom. The van der Waals surface area contributed by atoms with E-state index >= 15 is 0 Å². The molecule has 2 aromatic carbocycles. The lowest BCUT2D eigenvalue weighted by molar-refractivity contribution is 0.262. The van der Waals surface area contributed by atoms with Gasteiger partial charge in [0, 0.05) is 11.4 Å². The van der Waals surface area contributed by atoms with Crippen LogP contribution in [0.25, 0.3) is 11.0 Å². The molecule has 3 aromatic rings. The number of rotatable bonds is 3. The van der Waals surface area contributed by atoms with Crippen molar-refractivity contribution in [1.29, 1.82) is 0 Å². The van der Waals surface area contributed by atoms with Crippen molar-refractivity contribution in [3.8, 4) is 5.75 Å². The van der Waals surface area contributed by atoms with Crippen molar-refractivity contribution in [2.24, 2.45) is 0 Å². The number of nitrogens with one attached hydrogen (secondary N) is 3. The predicted octanol–water partition coefficient (Wildman–Crippen LogP) is 3.87. The third-order valence-corrected chi connectivity index (χ3v) is 3.38. The van der Waals surface area contributed by atoms with Crippen LogP contribution in [0, 0.1) is 0 Å². The SMILES string of the molecule is COc1ccc(NC(=O)Nc2ccc3nc[nH]c3c2)cc1Cl. The van der Waals surface area contributed by atoms with Gasteiger partial charge in [-0.25, -0.2) is 9.78 Å². The van der Waals surface area contributed by atoms with Crippen LogP contribution < -0.4 is 15.4 Å². The number of hydrogen-bond donors (Lipinski definition) is 3. The van der Waals surface area contributed by atoms with Gasteiger partial charge in [-0.1, -0.05) is 11.6 Å². The van der Waals surface area contributed by atoms with Crippen LogP contribution >= 0.6 is 11.6 Å². The lowest BCUT2D eigenvalue weighted by atomic mass is 10.3. The van der Waals surface area contributed by atoms with E-state index in [4.69, 9.17) is 16.3 Å².